The van der Waals surface area contributed by atoms with Crippen molar-refractivity contribution in [1.82, 2.24) is 0 Å². The van der Waals surface area contributed by atoms with Crippen molar-refractivity contribution in [3.63, 3.8) is 0 Å². The predicted octanol–water partition coefficient (Wildman–Crippen LogP) is 4.84. The highest BCUT2D eigenvalue weighted by Gasteiger charge is 2.23. The zero-order valence-electron chi connectivity index (χ0n) is 17.3. The lowest BCUT2D eigenvalue weighted by Gasteiger charge is -2.11. The first kappa shape index (κ1) is 21.4. The summed E-state index contributed by atoms with van der Waals surface area (Å²) in [6.45, 7) is 3.75. The number of ether oxygens (including phenoxy) is 3. The van der Waals surface area contributed by atoms with Crippen molar-refractivity contribution in [2.24, 2.45) is 0 Å². The minimum absolute atomic E-state index is 0.225. The van der Waals surface area contributed by atoms with Crippen molar-refractivity contribution in [2.45, 2.75) is 13.8 Å². The van der Waals surface area contributed by atoms with Crippen LogP contribution in [0.25, 0.3) is 11.1 Å². The Bertz CT molecular complexity index is 1070. The van der Waals surface area contributed by atoms with Crippen molar-refractivity contribution in [3.05, 3.63) is 64.5 Å². The lowest BCUT2D eigenvalue weighted by atomic mass is 9.97. The lowest BCUT2D eigenvalue weighted by Crippen LogP contribution is -2.21. The van der Waals surface area contributed by atoms with Crippen molar-refractivity contribution in [2.75, 3.05) is 26.1 Å². The third-order valence-corrected chi connectivity index (χ3v) is 5.44. The smallest absolute Gasteiger partial charge is 0.341 e. The van der Waals surface area contributed by atoms with Gasteiger partial charge in [-0.3, -0.25) is 4.79 Å². The number of rotatable bonds is 7. The molecule has 0 fully saturated rings. The summed E-state index contributed by atoms with van der Waals surface area (Å²) in [5, 5.41) is 5.05. The van der Waals surface area contributed by atoms with Crippen LogP contribution in [0.2, 0.25) is 0 Å². The van der Waals surface area contributed by atoms with E-state index in [1.807, 2.05) is 43.5 Å². The molecule has 6 nitrogen and oxygen atoms in total. The minimum atomic E-state index is -0.506. The fourth-order valence-electron chi connectivity index (χ4n) is 3.02. The van der Waals surface area contributed by atoms with Gasteiger partial charge in [0.1, 0.15) is 10.6 Å². The molecule has 0 bridgehead atoms. The van der Waals surface area contributed by atoms with Gasteiger partial charge in [-0.15, -0.1) is 11.3 Å². The van der Waals surface area contributed by atoms with Gasteiger partial charge < -0.3 is 19.5 Å². The van der Waals surface area contributed by atoms with E-state index < -0.39 is 5.97 Å². The van der Waals surface area contributed by atoms with Crippen LogP contribution in [-0.2, 0) is 9.53 Å². The molecule has 0 radical (unpaired) electrons. The van der Waals surface area contributed by atoms with E-state index in [-0.39, 0.29) is 12.5 Å². The summed E-state index contributed by atoms with van der Waals surface area (Å²) in [5.41, 5.74) is 4.10. The number of benzene rings is 2. The van der Waals surface area contributed by atoms with Gasteiger partial charge in [0.05, 0.1) is 14.2 Å². The number of para-hydroxylation sites is 2. The van der Waals surface area contributed by atoms with Crippen molar-refractivity contribution in [1.29, 1.82) is 0 Å². The number of anilines is 1. The van der Waals surface area contributed by atoms with Crippen LogP contribution in [0, 0.1) is 13.8 Å². The summed E-state index contributed by atoms with van der Waals surface area (Å²) in [6, 6.07) is 13.1. The number of hydrogen-bond donors (Lipinski definition) is 1. The molecule has 0 atom stereocenters. The van der Waals surface area contributed by atoms with E-state index in [9.17, 15) is 9.59 Å². The van der Waals surface area contributed by atoms with Crippen molar-refractivity contribution >= 4 is 28.2 Å². The summed E-state index contributed by atoms with van der Waals surface area (Å²) < 4.78 is 15.8. The molecule has 3 aromatic rings. The zero-order chi connectivity index (χ0) is 21.7. The number of methoxy groups -OCH3 is 2. The van der Waals surface area contributed by atoms with Gasteiger partial charge in [0.2, 0.25) is 0 Å². The predicted molar refractivity (Wildman–Crippen MR) is 118 cm³/mol. The van der Waals surface area contributed by atoms with E-state index >= 15 is 0 Å². The summed E-state index contributed by atoms with van der Waals surface area (Å²) in [6.07, 6.45) is 0. The van der Waals surface area contributed by atoms with Crippen LogP contribution in [0.3, 0.4) is 0 Å². The van der Waals surface area contributed by atoms with Crippen LogP contribution >= 0.6 is 11.3 Å². The van der Waals surface area contributed by atoms with Crippen LogP contribution < -0.4 is 14.8 Å². The van der Waals surface area contributed by atoms with Gasteiger partial charge in [0.25, 0.3) is 5.91 Å². The molecule has 1 amide bonds. The Morgan fingerprint density at radius 1 is 1.00 bits per heavy atom. The van der Waals surface area contributed by atoms with Crippen molar-refractivity contribution in [3.8, 4) is 22.6 Å². The van der Waals surface area contributed by atoms with Crippen LogP contribution in [0.5, 0.6) is 11.5 Å². The quantitative estimate of drug-likeness (QED) is 0.548. The summed E-state index contributed by atoms with van der Waals surface area (Å²) in [4.78, 5) is 25.0. The molecule has 2 aromatic carbocycles. The fourth-order valence-corrected chi connectivity index (χ4v) is 3.99. The number of thiophene rings is 1. The Balaban J connectivity index is 1.84. The van der Waals surface area contributed by atoms with Gasteiger partial charge in [-0.2, -0.15) is 0 Å². The third-order valence-electron chi connectivity index (χ3n) is 4.54. The molecule has 1 aromatic heterocycles. The van der Waals surface area contributed by atoms with E-state index in [2.05, 4.69) is 5.32 Å². The maximum Gasteiger partial charge on any atom is 0.341 e. The molecule has 0 saturated heterocycles. The Hall–Kier alpha value is -3.32. The molecule has 1 heterocycles. The first-order valence-corrected chi connectivity index (χ1v) is 10.2. The second-order valence-corrected chi connectivity index (χ2v) is 7.53. The maximum atomic E-state index is 12.5. The first-order valence-electron chi connectivity index (χ1n) is 9.27. The normalized spacial score (nSPS) is 10.4. The number of esters is 1. The van der Waals surface area contributed by atoms with E-state index in [1.54, 1.807) is 18.2 Å². The molecule has 156 valence electrons. The van der Waals surface area contributed by atoms with Gasteiger partial charge in [0, 0.05) is 10.9 Å². The monoisotopic (exact) mass is 425 g/mol. The largest absolute Gasteiger partial charge is 0.493 e. The Labute approximate surface area is 179 Å². The fraction of sp³-hybridized carbons (Fsp3) is 0.217. The number of carbonyl (C=O) groups is 2. The van der Waals surface area contributed by atoms with Gasteiger partial charge in [0.15, 0.2) is 18.1 Å². The van der Waals surface area contributed by atoms with E-state index in [4.69, 9.17) is 14.2 Å². The maximum absolute atomic E-state index is 12.5. The second-order valence-electron chi connectivity index (χ2n) is 6.65. The summed E-state index contributed by atoms with van der Waals surface area (Å²) >= 11 is 1.27. The number of aryl methyl sites for hydroxylation is 2. The highest BCUT2D eigenvalue weighted by atomic mass is 32.1. The summed E-state index contributed by atoms with van der Waals surface area (Å²) in [5.74, 6) is 0.105. The molecule has 1 N–H and O–H groups in total. The number of hydrogen-bond acceptors (Lipinski definition) is 6. The summed E-state index contributed by atoms with van der Waals surface area (Å²) in [7, 11) is 2.86. The van der Waals surface area contributed by atoms with Crippen LogP contribution in [-0.4, -0.2) is 32.7 Å². The minimum Gasteiger partial charge on any atom is -0.493 e. The van der Waals surface area contributed by atoms with Gasteiger partial charge in [-0.1, -0.05) is 35.9 Å². The van der Waals surface area contributed by atoms with Gasteiger partial charge >= 0.3 is 5.97 Å². The molecule has 30 heavy (non-hydrogen) atoms. The molecule has 3 rings (SSSR count). The Morgan fingerprint density at radius 3 is 2.43 bits per heavy atom. The lowest BCUT2D eigenvalue weighted by molar-refractivity contribution is -0.118. The zero-order valence-corrected chi connectivity index (χ0v) is 18.1. The average Bonchev–Trinajstić information content (AvgIpc) is 3.16. The van der Waals surface area contributed by atoms with Crippen LogP contribution in [0.1, 0.15) is 21.5 Å². The Morgan fingerprint density at radius 2 is 1.73 bits per heavy atom. The highest BCUT2D eigenvalue weighted by molar-refractivity contribution is 7.15. The number of carbonyl (C=O) groups excluding carboxylic acids is 2. The topological polar surface area (TPSA) is 73.9 Å². The van der Waals surface area contributed by atoms with Gasteiger partial charge in [-0.25, -0.2) is 4.79 Å². The van der Waals surface area contributed by atoms with Gasteiger partial charge in [-0.05, 0) is 37.1 Å². The Kier molecular flexibility index (Phi) is 6.74. The molecule has 7 heteroatoms. The van der Waals surface area contributed by atoms with E-state index in [0.29, 0.717) is 22.1 Å². The molecular formula is C23H23NO5S. The van der Waals surface area contributed by atoms with Crippen molar-refractivity contribution < 1.29 is 23.8 Å². The average molecular weight is 426 g/mol. The molecule has 0 saturated carbocycles. The molecular weight excluding hydrogens is 402 g/mol. The number of amides is 1. The SMILES string of the molecule is COC(=O)c1c(-c2cc(C)ccc2C)csc1NC(=O)COc1ccccc1OC. The van der Waals surface area contributed by atoms with Crippen LogP contribution in [0.4, 0.5) is 5.00 Å². The van der Waals surface area contributed by atoms with Crippen LogP contribution in [0.15, 0.2) is 47.8 Å². The second kappa shape index (κ2) is 9.45. The molecule has 0 aliphatic rings. The van der Waals surface area contributed by atoms with E-state index in [1.165, 1.54) is 25.6 Å². The number of nitrogens with one attached hydrogen (secondary N) is 1. The highest BCUT2D eigenvalue weighted by Crippen LogP contribution is 2.38. The van der Waals surface area contributed by atoms with E-state index in [0.717, 1.165) is 22.3 Å². The third kappa shape index (κ3) is 4.63. The first-order chi connectivity index (χ1) is 14.4. The molecule has 0 aliphatic heterocycles. The standard InChI is InChI=1S/C23H23NO5S/c1-14-9-10-15(2)16(11-14)17-13-30-22(21(17)23(26)28-4)24-20(25)12-29-19-8-6-5-7-18(19)27-3/h5-11,13H,12H2,1-4H3,(H,24,25). The molecule has 0 aliphatic carbocycles. The molecule has 0 spiro atoms. The molecule has 0 unspecified atom stereocenters.